The minimum atomic E-state index is 0.497. The predicted octanol–water partition coefficient (Wildman–Crippen LogP) is 2.79. The second-order valence-corrected chi connectivity index (χ2v) is 4.85. The molecular weight excluding hydrogens is 268 g/mol. The minimum Gasteiger partial charge on any atom is -0.441 e. The number of oxazole rings is 1. The largest absolute Gasteiger partial charge is 0.441 e. The van der Waals surface area contributed by atoms with E-state index in [1.165, 1.54) is 0 Å². The fraction of sp³-hybridized carbons (Fsp3) is 0.250. The lowest BCUT2D eigenvalue weighted by atomic mass is 10.0. The first-order valence-electron chi connectivity index (χ1n) is 5.25. The molecule has 0 saturated carbocycles. The standard InChI is InChI=1S/C12H11BrN2O/c13-10-3-1-8(2-4-10)12-15-7-11(16-12)9-5-14-6-9/h1-4,7,9,14H,5-6H2. The Kier molecular flexibility index (Phi) is 2.53. The van der Waals surface area contributed by atoms with E-state index in [1.807, 2.05) is 30.5 Å². The molecule has 0 unspecified atom stereocenters. The Hall–Kier alpha value is -1.13. The van der Waals surface area contributed by atoms with E-state index in [9.17, 15) is 0 Å². The number of nitrogens with zero attached hydrogens (tertiary/aromatic N) is 1. The van der Waals surface area contributed by atoms with E-state index in [1.54, 1.807) is 0 Å². The zero-order chi connectivity index (χ0) is 11.0. The third-order valence-corrected chi connectivity index (χ3v) is 3.33. The fourth-order valence-corrected chi connectivity index (χ4v) is 1.96. The Morgan fingerprint density at radius 3 is 2.62 bits per heavy atom. The number of hydrogen-bond acceptors (Lipinski definition) is 3. The van der Waals surface area contributed by atoms with E-state index in [4.69, 9.17) is 4.42 Å². The summed E-state index contributed by atoms with van der Waals surface area (Å²) < 4.78 is 6.81. The van der Waals surface area contributed by atoms with Gasteiger partial charge in [-0.05, 0) is 24.3 Å². The molecule has 1 N–H and O–H groups in total. The van der Waals surface area contributed by atoms with Crippen molar-refractivity contribution >= 4 is 15.9 Å². The van der Waals surface area contributed by atoms with Gasteiger partial charge in [0.2, 0.25) is 5.89 Å². The number of rotatable bonds is 2. The number of halogens is 1. The normalized spacial score (nSPS) is 16.1. The molecule has 3 rings (SSSR count). The van der Waals surface area contributed by atoms with Crippen LogP contribution in [0.15, 0.2) is 39.4 Å². The highest BCUT2D eigenvalue weighted by Gasteiger charge is 2.23. The molecule has 0 aliphatic carbocycles. The summed E-state index contributed by atoms with van der Waals surface area (Å²) in [4.78, 5) is 4.31. The lowest BCUT2D eigenvalue weighted by molar-refractivity contribution is 0.373. The Morgan fingerprint density at radius 1 is 1.25 bits per heavy atom. The van der Waals surface area contributed by atoms with Gasteiger partial charge in [-0.15, -0.1) is 0 Å². The smallest absolute Gasteiger partial charge is 0.226 e. The van der Waals surface area contributed by atoms with Crippen molar-refractivity contribution in [3.8, 4) is 11.5 Å². The number of hydrogen-bond donors (Lipinski definition) is 1. The van der Waals surface area contributed by atoms with Gasteiger partial charge in [-0.1, -0.05) is 15.9 Å². The van der Waals surface area contributed by atoms with E-state index < -0.39 is 0 Å². The number of aromatic nitrogens is 1. The molecule has 16 heavy (non-hydrogen) atoms. The van der Waals surface area contributed by atoms with Crippen molar-refractivity contribution < 1.29 is 4.42 Å². The minimum absolute atomic E-state index is 0.497. The zero-order valence-corrected chi connectivity index (χ0v) is 10.2. The first-order valence-corrected chi connectivity index (χ1v) is 6.04. The molecule has 0 radical (unpaired) electrons. The van der Waals surface area contributed by atoms with Gasteiger partial charge in [0.05, 0.1) is 6.20 Å². The molecule has 4 heteroatoms. The van der Waals surface area contributed by atoms with E-state index in [-0.39, 0.29) is 0 Å². The van der Waals surface area contributed by atoms with Gasteiger partial charge in [0.25, 0.3) is 0 Å². The molecule has 0 atom stereocenters. The summed E-state index contributed by atoms with van der Waals surface area (Å²) in [6.45, 7) is 1.99. The van der Waals surface area contributed by atoms with Gasteiger partial charge in [-0.25, -0.2) is 4.98 Å². The van der Waals surface area contributed by atoms with Crippen LogP contribution < -0.4 is 5.32 Å². The predicted molar refractivity (Wildman–Crippen MR) is 65.2 cm³/mol. The first-order chi connectivity index (χ1) is 7.83. The maximum atomic E-state index is 5.75. The summed E-state index contributed by atoms with van der Waals surface area (Å²) >= 11 is 3.41. The van der Waals surface area contributed by atoms with Crippen LogP contribution in [0.3, 0.4) is 0 Å². The lowest BCUT2D eigenvalue weighted by Crippen LogP contribution is -2.39. The van der Waals surface area contributed by atoms with Gasteiger partial charge in [-0.2, -0.15) is 0 Å². The second-order valence-electron chi connectivity index (χ2n) is 3.93. The van der Waals surface area contributed by atoms with Crippen LogP contribution in [0.25, 0.3) is 11.5 Å². The molecule has 1 aromatic heterocycles. The molecule has 3 nitrogen and oxygen atoms in total. The maximum Gasteiger partial charge on any atom is 0.226 e. The average molecular weight is 279 g/mol. The molecule has 0 bridgehead atoms. The molecule has 1 saturated heterocycles. The molecular formula is C12H11BrN2O. The summed E-state index contributed by atoms with van der Waals surface area (Å²) in [7, 11) is 0. The molecule has 1 fully saturated rings. The van der Waals surface area contributed by atoms with Crippen molar-refractivity contribution in [2.45, 2.75) is 5.92 Å². The third kappa shape index (κ3) is 1.79. The molecule has 82 valence electrons. The van der Waals surface area contributed by atoms with Gasteiger partial charge < -0.3 is 9.73 Å². The van der Waals surface area contributed by atoms with Crippen molar-refractivity contribution in [2.75, 3.05) is 13.1 Å². The Labute approximate surface area is 102 Å². The van der Waals surface area contributed by atoms with Gasteiger partial charge in [0, 0.05) is 29.0 Å². The van der Waals surface area contributed by atoms with Crippen molar-refractivity contribution in [1.82, 2.24) is 10.3 Å². The van der Waals surface area contributed by atoms with Crippen LogP contribution in [0.1, 0.15) is 11.7 Å². The summed E-state index contributed by atoms with van der Waals surface area (Å²) in [5.41, 5.74) is 1.02. The molecule has 0 amide bonds. The van der Waals surface area contributed by atoms with Crippen molar-refractivity contribution in [3.63, 3.8) is 0 Å². The maximum absolute atomic E-state index is 5.75. The van der Waals surface area contributed by atoms with Crippen LogP contribution in [0.5, 0.6) is 0 Å². The van der Waals surface area contributed by atoms with Crippen molar-refractivity contribution in [3.05, 3.63) is 40.7 Å². The highest BCUT2D eigenvalue weighted by molar-refractivity contribution is 9.10. The Balaban J connectivity index is 1.88. The molecule has 2 aromatic rings. The molecule has 0 spiro atoms. The van der Waals surface area contributed by atoms with Crippen LogP contribution in [-0.2, 0) is 0 Å². The topological polar surface area (TPSA) is 38.1 Å². The Morgan fingerprint density at radius 2 is 2.00 bits per heavy atom. The second kappa shape index (κ2) is 4.03. The van der Waals surface area contributed by atoms with Crippen LogP contribution >= 0.6 is 15.9 Å². The van der Waals surface area contributed by atoms with Gasteiger partial charge in [0.15, 0.2) is 0 Å². The monoisotopic (exact) mass is 278 g/mol. The fourth-order valence-electron chi connectivity index (χ4n) is 1.69. The van der Waals surface area contributed by atoms with Gasteiger partial charge in [0.1, 0.15) is 5.76 Å². The molecule has 1 aromatic carbocycles. The number of nitrogens with one attached hydrogen (secondary N) is 1. The van der Waals surface area contributed by atoms with E-state index in [0.29, 0.717) is 11.8 Å². The summed E-state index contributed by atoms with van der Waals surface area (Å²) in [5, 5.41) is 3.22. The third-order valence-electron chi connectivity index (χ3n) is 2.80. The lowest BCUT2D eigenvalue weighted by Gasteiger charge is -2.24. The first kappa shape index (κ1) is 10.1. The molecule has 1 aliphatic heterocycles. The quantitative estimate of drug-likeness (QED) is 0.918. The van der Waals surface area contributed by atoms with E-state index >= 15 is 0 Å². The van der Waals surface area contributed by atoms with Gasteiger partial charge >= 0.3 is 0 Å². The summed E-state index contributed by atoms with van der Waals surface area (Å²) in [6, 6.07) is 7.98. The van der Waals surface area contributed by atoms with Gasteiger partial charge in [-0.3, -0.25) is 0 Å². The number of benzene rings is 1. The van der Waals surface area contributed by atoms with Crippen LogP contribution in [0.4, 0.5) is 0 Å². The van der Waals surface area contributed by atoms with Crippen LogP contribution in [-0.4, -0.2) is 18.1 Å². The average Bonchev–Trinajstić information content (AvgIpc) is 2.65. The highest BCUT2D eigenvalue weighted by Crippen LogP contribution is 2.26. The molecule has 2 heterocycles. The van der Waals surface area contributed by atoms with E-state index in [0.717, 1.165) is 28.9 Å². The zero-order valence-electron chi connectivity index (χ0n) is 8.61. The summed E-state index contributed by atoms with van der Waals surface area (Å²) in [5.74, 6) is 2.18. The van der Waals surface area contributed by atoms with Crippen LogP contribution in [0.2, 0.25) is 0 Å². The molecule has 1 aliphatic rings. The van der Waals surface area contributed by atoms with Crippen LogP contribution in [0, 0.1) is 0 Å². The Bertz CT molecular complexity index is 488. The SMILES string of the molecule is Brc1ccc(-c2ncc(C3CNC3)o2)cc1. The van der Waals surface area contributed by atoms with E-state index in [2.05, 4.69) is 26.2 Å². The highest BCUT2D eigenvalue weighted by atomic mass is 79.9. The summed E-state index contributed by atoms with van der Waals surface area (Å²) in [6.07, 6.45) is 1.84. The van der Waals surface area contributed by atoms with Crippen molar-refractivity contribution in [1.29, 1.82) is 0 Å². The van der Waals surface area contributed by atoms with Crippen molar-refractivity contribution in [2.24, 2.45) is 0 Å².